The van der Waals surface area contributed by atoms with Crippen LogP contribution in [0.25, 0.3) is 0 Å². The molecule has 16 nitrogen and oxygen atoms in total. The number of halogens is 2. The number of para-hydroxylation sites is 2. The molecule has 6 aromatic rings. The molecular weight excluding hydrogens is 855 g/mol. The number of aryl methyl sites for hydroxylation is 2. The molecule has 0 saturated heterocycles. The lowest BCUT2D eigenvalue weighted by Crippen LogP contribution is -2.19. The van der Waals surface area contributed by atoms with Crippen LogP contribution in [0.3, 0.4) is 0 Å². The molecule has 0 atom stereocenters. The summed E-state index contributed by atoms with van der Waals surface area (Å²) in [5.74, 6) is 0.276. The maximum absolute atomic E-state index is 12.2. The van der Waals surface area contributed by atoms with Crippen LogP contribution in [-0.4, -0.2) is 57.7 Å². The highest BCUT2D eigenvalue weighted by molar-refractivity contribution is 6.33. The molecule has 8 N–H and O–H groups in total. The molecule has 1 aliphatic rings. The summed E-state index contributed by atoms with van der Waals surface area (Å²) in [7, 11) is 3.13. The molecule has 64 heavy (non-hydrogen) atoms. The van der Waals surface area contributed by atoms with E-state index in [4.69, 9.17) is 23.2 Å². The average molecular weight is 900 g/mol. The summed E-state index contributed by atoms with van der Waals surface area (Å²) in [4.78, 5) is 65.1. The van der Waals surface area contributed by atoms with Crippen LogP contribution in [0.1, 0.15) is 43.8 Å². The molecule has 0 fully saturated rings. The van der Waals surface area contributed by atoms with E-state index in [9.17, 15) is 19.2 Å². The van der Waals surface area contributed by atoms with Gasteiger partial charge >= 0.3 is 0 Å². The molecule has 0 bridgehead atoms. The number of hydrogen-bond acceptors (Lipinski definition) is 12. The van der Waals surface area contributed by atoms with Crippen molar-refractivity contribution in [2.75, 3.05) is 46.0 Å². The van der Waals surface area contributed by atoms with Gasteiger partial charge in [0.1, 0.15) is 10.0 Å². The first-order valence-corrected chi connectivity index (χ1v) is 20.5. The third kappa shape index (κ3) is 11.8. The zero-order valence-corrected chi connectivity index (χ0v) is 36.5. The number of carbonyl (C=O) groups is 4. The summed E-state index contributed by atoms with van der Waals surface area (Å²) in [5.41, 5.74) is 8.10. The summed E-state index contributed by atoms with van der Waals surface area (Å²) in [6.07, 6.45) is 8.28. The zero-order valence-electron chi connectivity index (χ0n) is 35.0. The largest absolute Gasteiger partial charge is 0.355 e. The van der Waals surface area contributed by atoms with Gasteiger partial charge < -0.3 is 42.5 Å². The van der Waals surface area contributed by atoms with E-state index >= 15 is 0 Å². The Balaban J connectivity index is 0.000000213. The van der Waals surface area contributed by atoms with Crippen LogP contribution in [0.15, 0.2) is 117 Å². The van der Waals surface area contributed by atoms with Gasteiger partial charge in [0.05, 0.1) is 34.9 Å². The molecule has 0 spiro atoms. The minimum absolute atomic E-state index is 0.226. The second kappa shape index (κ2) is 21.3. The van der Waals surface area contributed by atoms with E-state index in [2.05, 4.69) is 75.6 Å². The number of nitrogens with zero attached hydrogens (tertiary/aromatic N) is 4. The van der Waals surface area contributed by atoms with Crippen molar-refractivity contribution in [1.29, 1.82) is 0 Å². The van der Waals surface area contributed by atoms with E-state index in [1.807, 2.05) is 37.3 Å². The van der Waals surface area contributed by atoms with Crippen molar-refractivity contribution in [2.45, 2.75) is 26.2 Å². The lowest BCUT2D eigenvalue weighted by atomic mass is 10.1. The summed E-state index contributed by atoms with van der Waals surface area (Å²) < 4.78 is 0. The van der Waals surface area contributed by atoms with Crippen LogP contribution in [0.4, 0.5) is 57.7 Å². The predicted molar refractivity (Wildman–Crippen MR) is 254 cm³/mol. The molecule has 0 unspecified atom stereocenters. The molecule has 7 rings (SSSR count). The Morgan fingerprint density at radius 3 is 1.64 bits per heavy atom. The highest BCUT2D eigenvalue weighted by atomic mass is 35.5. The fraction of sp³-hybridized carbons (Fsp3) is 0.130. The smallest absolute Gasteiger partial charge is 0.253 e. The Morgan fingerprint density at radius 2 is 1.11 bits per heavy atom. The van der Waals surface area contributed by atoms with Gasteiger partial charge in [-0.15, -0.1) is 0 Å². The SMILES string of the molecule is C=CC(=O)Nc1cc(C)cc(Nc2ncc(Cl)c(Nc3ccccc3C(=O)NC)n2)c1.C=CC(=O)Nc1cc2c(c(Nc3ncc(Cl)c(Nc4ccccc4C(=O)NC)n3)c1)CCC2. The van der Waals surface area contributed by atoms with Crippen molar-refractivity contribution in [1.82, 2.24) is 30.6 Å². The first-order valence-electron chi connectivity index (χ1n) is 19.8. The van der Waals surface area contributed by atoms with Gasteiger partial charge in [0.25, 0.3) is 11.8 Å². The number of amides is 4. The van der Waals surface area contributed by atoms with Crippen molar-refractivity contribution in [3.05, 3.63) is 154 Å². The highest BCUT2D eigenvalue weighted by Gasteiger charge is 2.19. The van der Waals surface area contributed by atoms with Crippen molar-refractivity contribution >= 4 is 104 Å². The topological polar surface area (TPSA) is 216 Å². The van der Waals surface area contributed by atoms with Gasteiger partial charge in [-0.05, 0) is 110 Å². The molecule has 326 valence electrons. The number of hydrogen-bond donors (Lipinski definition) is 8. The standard InChI is InChI=1S/C24H23ClN6O2.C22H21ClN6O2/c1-3-21(32)28-15-11-14-7-6-9-16(14)20(12-15)30-24-27-13-18(25)22(31-24)29-19-10-5-4-8-17(19)23(33)26-2;1-4-19(30)26-14-9-13(2)10-15(11-14)27-22-25-12-17(23)20(29-22)28-18-8-6-5-7-16(18)21(31)24-3/h3-5,8,10-13H,1,6-7,9H2,2H3,(H,26,33)(H,28,32)(H2,27,29,30,31);4-12H,1H2,2-3H3,(H,24,31)(H,26,30)(H2,25,27,28,29). The van der Waals surface area contributed by atoms with Gasteiger partial charge in [0, 0.05) is 36.8 Å². The number of rotatable bonds is 14. The number of nitrogens with one attached hydrogen (secondary N) is 8. The molecule has 18 heteroatoms. The molecule has 0 aliphatic heterocycles. The fourth-order valence-electron chi connectivity index (χ4n) is 6.59. The van der Waals surface area contributed by atoms with E-state index in [0.29, 0.717) is 67.2 Å². The minimum Gasteiger partial charge on any atom is -0.355 e. The quantitative estimate of drug-likeness (QED) is 0.0481. The summed E-state index contributed by atoms with van der Waals surface area (Å²) >= 11 is 12.6. The van der Waals surface area contributed by atoms with Crippen LogP contribution >= 0.6 is 23.2 Å². The Labute approximate surface area is 379 Å². The second-order valence-electron chi connectivity index (χ2n) is 14.0. The molecule has 0 radical (unpaired) electrons. The van der Waals surface area contributed by atoms with E-state index < -0.39 is 0 Å². The Kier molecular flexibility index (Phi) is 15.2. The van der Waals surface area contributed by atoms with Gasteiger partial charge in [0.2, 0.25) is 23.7 Å². The first-order chi connectivity index (χ1) is 30.9. The summed E-state index contributed by atoms with van der Waals surface area (Å²) in [6, 6.07) is 23.4. The lowest BCUT2D eigenvalue weighted by Gasteiger charge is -2.15. The van der Waals surface area contributed by atoms with Gasteiger partial charge in [-0.2, -0.15) is 9.97 Å². The third-order valence-electron chi connectivity index (χ3n) is 9.49. The summed E-state index contributed by atoms with van der Waals surface area (Å²) in [6.45, 7) is 8.86. The van der Waals surface area contributed by atoms with Crippen molar-refractivity contribution < 1.29 is 19.2 Å². The predicted octanol–water partition coefficient (Wildman–Crippen LogP) is 9.00. The van der Waals surface area contributed by atoms with Gasteiger partial charge in [0.15, 0.2) is 11.6 Å². The molecule has 2 aromatic heterocycles. The van der Waals surface area contributed by atoms with Crippen LogP contribution < -0.4 is 42.5 Å². The average Bonchev–Trinajstić information content (AvgIpc) is 3.77. The number of aromatic nitrogens is 4. The fourth-order valence-corrected chi connectivity index (χ4v) is 6.86. The number of fused-ring (bicyclic) bond motifs is 1. The molecule has 4 aromatic carbocycles. The minimum atomic E-state index is -0.305. The lowest BCUT2D eigenvalue weighted by molar-refractivity contribution is -0.112. The van der Waals surface area contributed by atoms with Crippen LogP contribution in [0, 0.1) is 6.92 Å². The van der Waals surface area contributed by atoms with Crippen LogP contribution in [0.2, 0.25) is 10.0 Å². The third-order valence-corrected chi connectivity index (χ3v) is 10.0. The molecule has 0 saturated carbocycles. The molecule has 4 amide bonds. The van der Waals surface area contributed by atoms with Crippen molar-refractivity contribution in [2.24, 2.45) is 0 Å². The molecular formula is C46H44Cl2N12O4. The number of benzene rings is 4. The van der Waals surface area contributed by atoms with Crippen LogP contribution in [0.5, 0.6) is 0 Å². The second-order valence-corrected chi connectivity index (χ2v) is 14.8. The van der Waals surface area contributed by atoms with E-state index in [-0.39, 0.29) is 29.6 Å². The van der Waals surface area contributed by atoms with E-state index in [1.165, 1.54) is 35.7 Å². The maximum atomic E-state index is 12.2. The monoisotopic (exact) mass is 898 g/mol. The first kappa shape index (κ1) is 45.7. The highest BCUT2D eigenvalue weighted by Crippen LogP contribution is 2.35. The van der Waals surface area contributed by atoms with Gasteiger partial charge in [-0.3, -0.25) is 19.2 Å². The maximum Gasteiger partial charge on any atom is 0.253 e. The Bertz CT molecular complexity index is 2760. The van der Waals surface area contributed by atoms with E-state index in [0.717, 1.165) is 30.5 Å². The van der Waals surface area contributed by atoms with E-state index in [1.54, 1.807) is 62.6 Å². The number of anilines is 10. The van der Waals surface area contributed by atoms with Crippen molar-refractivity contribution in [3.8, 4) is 0 Å². The molecule has 1 aliphatic carbocycles. The zero-order chi connectivity index (χ0) is 45.8. The Morgan fingerprint density at radius 1 is 0.609 bits per heavy atom. The van der Waals surface area contributed by atoms with Crippen molar-refractivity contribution in [3.63, 3.8) is 0 Å². The Hall–Kier alpha value is -7.82. The van der Waals surface area contributed by atoms with Gasteiger partial charge in [-0.1, -0.05) is 60.6 Å². The summed E-state index contributed by atoms with van der Waals surface area (Å²) in [5, 5.41) is 23.9. The van der Waals surface area contributed by atoms with Crippen LogP contribution in [-0.2, 0) is 22.4 Å². The number of carbonyl (C=O) groups excluding carboxylic acids is 4. The molecule has 2 heterocycles. The van der Waals surface area contributed by atoms with Gasteiger partial charge in [-0.25, -0.2) is 9.97 Å². The normalized spacial score (nSPS) is 11.1.